The monoisotopic (exact) mass is 565 g/mol. The van der Waals surface area contributed by atoms with Crippen molar-refractivity contribution in [3.05, 3.63) is 93.7 Å². The summed E-state index contributed by atoms with van der Waals surface area (Å²) >= 11 is 12.1. The van der Waals surface area contributed by atoms with Gasteiger partial charge in [0.05, 0.1) is 20.6 Å². The highest BCUT2D eigenvalue weighted by atomic mass is 35.5. The number of halogens is 3. The summed E-state index contributed by atoms with van der Waals surface area (Å²) in [5.74, 6) is -1.65. The Labute approximate surface area is 225 Å². The molecule has 0 radical (unpaired) electrons. The highest BCUT2D eigenvalue weighted by molar-refractivity contribution is 7.92. The zero-order valence-corrected chi connectivity index (χ0v) is 22.7. The lowest BCUT2D eigenvalue weighted by Crippen LogP contribution is -2.50. The van der Waals surface area contributed by atoms with Crippen molar-refractivity contribution in [2.45, 2.75) is 31.3 Å². The second-order valence-electron chi connectivity index (χ2n) is 8.36. The molecule has 0 aliphatic rings. The van der Waals surface area contributed by atoms with Crippen LogP contribution in [0.3, 0.4) is 0 Å². The summed E-state index contributed by atoms with van der Waals surface area (Å²) in [5, 5.41) is 3.11. The van der Waals surface area contributed by atoms with Gasteiger partial charge < -0.3 is 10.2 Å². The fourth-order valence-electron chi connectivity index (χ4n) is 3.60. The molecule has 0 aromatic heterocycles. The fourth-order valence-corrected chi connectivity index (χ4v) is 5.33. The van der Waals surface area contributed by atoms with Crippen LogP contribution in [0.5, 0.6) is 0 Å². The Morgan fingerprint density at radius 2 is 1.59 bits per heavy atom. The maximum Gasteiger partial charge on any atom is 0.264 e. The summed E-state index contributed by atoms with van der Waals surface area (Å²) in [7, 11) is -2.79. The molecule has 3 aromatic carbocycles. The van der Waals surface area contributed by atoms with Crippen LogP contribution < -0.4 is 9.62 Å². The van der Waals surface area contributed by atoms with Crippen LogP contribution in [0.2, 0.25) is 10.0 Å². The minimum atomic E-state index is -4.22. The first-order valence-electron chi connectivity index (χ1n) is 11.2. The Morgan fingerprint density at radius 3 is 2.16 bits per heavy atom. The fraction of sp³-hybridized carbons (Fsp3) is 0.231. The van der Waals surface area contributed by atoms with Gasteiger partial charge in [0.25, 0.3) is 10.0 Å². The molecule has 0 saturated carbocycles. The van der Waals surface area contributed by atoms with Crippen molar-refractivity contribution in [3.63, 3.8) is 0 Å². The van der Waals surface area contributed by atoms with E-state index in [0.29, 0.717) is 10.6 Å². The second kappa shape index (κ2) is 11.9. The number of hydrogen-bond donors (Lipinski definition) is 1. The first-order valence-corrected chi connectivity index (χ1v) is 13.4. The molecule has 0 aliphatic heterocycles. The van der Waals surface area contributed by atoms with Crippen molar-refractivity contribution in [3.8, 4) is 0 Å². The Morgan fingerprint density at radius 1 is 0.973 bits per heavy atom. The highest BCUT2D eigenvalue weighted by Crippen LogP contribution is 2.26. The summed E-state index contributed by atoms with van der Waals surface area (Å²) in [5.41, 5.74) is 1.54. The predicted molar refractivity (Wildman–Crippen MR) is 143 cm³/mol. The van der Waals surface area contributed by atoms with Gasteiger partial charge in [-0.2, -0.15) is 0 Å². The number of anilines is 1. The maximum atomic E-state index is 13.7. The Bertz CT molecular complexity index is 1380. The second-order valence-corrected chi connectivity index (χ2v) is 11.0. The number of nitrogens with zero attached hydrogens (tertiary/aromatic N) is 2. The number of carbonyl (C=O) groups excluding carboxylic acids is 2. The average molecular weight is 566 g/mol. The van der Waals surface area contributed by atoms with Crippen molar-refractivity contribution in [1.29, 1.82) is 0 Å². The first kappa shape index (κ1) is 28.4. The summed E-state index contributed by atoms with van der Waals surface area (Å²) in [6.45, 7) is 2.68. The van der Waals surface area contributed by atoms with Crippen LogP contribution in [0.25, 0.3) is 0 Å². The minimum absolute atomic E-state index is 0.0356. The zero-order valence-electron chi connectivity index (χ0n) is 20.4. The maximum absolute atomic E-state index is 13.7. The number of amides is 2. The van der Waals surface area contributed by atoms with Crippen LogP contribution in [-0.4, -0.2) is 44.8 Å². The normalized spacial score (nSPS) is 12.1. The first-order chi connectivity index (χ1) is 17.4. The predicted octanol–water partition coefficient (Wildman–Crippen LogP) is 4.80. The lowest BCUT2D eigenvalue weighted by atomic mass is 10.1. The molecule has 3 rings (SSSR count). The molecule has 0 saturated heterocycles. The summed E-state index contributed by atoms with van der Waals surface area (Å²) in [6, 6.07) is 14.8. The van der Waals surface area contributed by atoms with Gasteiger partial charge in [0.1, 0.15) is 18.4 Å². The van der Waals surface area contributed by atoms with Gasteiger partial charge in [-0.15, -0.1) is 0 Å². The van der Waals surface area contributed by atoms with Crippen LogP contribution in [-0.2, 0) is 26.2 Å². The van der Waals surface area contributed by atoms with E-state index in [2.05, 4.69) is 5.32 Å². The van der Waals surface area contributed by atoms with Crippen LogP contribution in [0, 0.1) is 12.7 Å². The number of nitrogens with one attached hydrogen (secondary N) is 1. The molecule has 11 heteroatoms. The van der Waals surface area contributed by atoms with E-state index < -0.39 is 40.2 Å². The third-order valence-corrected chi connectivity index (χ3v) is 8.28. The SMILES string of the molecule is CNC(=O)[C@@H](C)N(Cc1ccc(Cl)c(Cl)c1)C(=O)CN(c1ccc(F)cc1)S(=O)(=O)c1ccc(C)cc1. The molecule has 37 heavy (non-hydrogen) atoms. The van der Waals surface area contributed by atoms with Crippen molar-refractivity contribution in [2.75, 3.05) is 17.9 Å². The molecular formula is C26H26Cl2FN3O4S. The molecule has 0 fully saturated rings. The molecule has 0 heterocycles. The molecule has 0 aliphatic carbocycles. The van der Waals surface area contributed by atoms with Crippen molar-refractivity contribution >= 4 is 50.7 Å². The lowest BCUT2D eigenvalue weighted by Gasteiger charge is -2.31. The van der Waals surface area contributed by atoms with Crippen molar-refractivity contribution in [2.24, 2.45) is 0 Å². The molecule has 2 amide bonds. The minimum Gasteiger partial charge on any atom is -0.357 e. The van der Waals surface area contributed by atoms with Gasteiger partial charge >= 0.3 is 0 Å². The van der Waals surface area contributed by atoms with Crippen LogP contribution >= 0.6 is 23.2 Å². The number of sulfonamides is 1. The molecule has 0 bridgehead atoms. The zero-order chi connectivity index (χ0) is 27.3. The molecule has 7 nitrogen and oxygen atoms in total. The molecule has 0 spiro atoms. The third-order valence-electron chi connectivity index (χ3n) is 5.75. The van der Waals surface area contributed by atoms with Gasteiger partial charge in [-0.3, -0.25) is 13.9 Å². The van der Waals surface area contributed by atoms with E-state index in [9.17, 15) is 22.4 Å². The topological polar surface area (TPSA) is 86.8 Å². The van der Waals surface area contributed by atoms with Crippen molar-refractivity contribution in [1.82, 2.24) is 10.2 Å². The summed E-state index contributed by atoms with van der Waals surface area (Å²) in [6.07, 6.45) is 0. The van der Waals surface area contributed by atoms with Gasteiger partial charge in [0, 0.05) is 13.6 Å². The molecule has 0 unspecified atom stereocenters. The van der Waals surface area contributed by atoms with E-state index in [-0.39, 0.29) is 22.2 Å². The standard InChI is InChI=1S/C26H26Cl2FN3O4S/c1-17-4-11-22(12-5-17)37(35,36)32(21-9-7-20(29)8-10-21)16-25(33)31(18(2)26(34)30-3)15-19-6-13-23(27)24(28)14-19/h4-14,18H,15-16H2,1-3H3,(H,30,34)/t18-/m1/s1. The van der Waals surface area contributed by atoms with Gasteiger partial charge in [0.2, 0.25) is 11.8 Å². The van der Waals surface area contributed by atoms with Crippen LogP contribution in [0.1, 0.15) is 18.1 Å². The van der Waals surface area contributed by atoms with E-state index in [1.165, 1.54) is 43.1 Å². The number of carbonyl (C=O) groups is 2. The third kappa shape index (κ3) is 6.80. The Balaban J connectivity index is 2.03. The number of likely N-dealkylation sites (N-methyl/N-ethyl adjacent to an activating group) is 1. The van der Waals surface area contributed by atoms with E-state index in [1.807, 2.05) is 6.92 Å². The molecule has 1 N–H and O–H groups in total. The molecular weight excluding hydrogens is 540 g/mol. The molecule has 196 valence electrons. The number of hydrogen-bond acceptors (Lipinski definition) is 4. The lowest BCUT2D eigenvalue weighted by molar-refractivity contribution is -0.139. The van der Waals surface area contributed by atoms with Crippen molar-refractivity contribution < 1.29 is 22.4 Å². The Kier molecular flexibility index (Phi) is 9.17. The number of benzene rings is 3. The quantitative estimate of drug-likeness (QED) is 0.403. The highest BCUT2D eigenvalue weighted by Gasteiger charge is 2.32. The summed E-state index contributed by atoms with van der Waals surface area (Å²) in [4.78, 5) is 27.4. The summed E-state index contributed by atoms with van der Waals surface area (Å²) < 4.78 is 41.8. The molecule has 3 aromatic rings. The van der Waals surface area contributed by atoms with E-state index >= 15 is 0 Å². The van der Waals surface area contributed by atoms with Crippen LogP contribution in [0.4, 0.5) is 10.1 Å². The van der Waals surface area contributed by atoms with Gasteiger partial charge in [0.15, 0.2) is 0 Å². The number of aryl methyl sites for hydroxylation is 1. The smallest absolute Gasteiger partial charge is 0.264 e. The Hall–Kier alpha value is -3.14. The largest absolute Gasteiger partial charge is 0.357 e. The molecule has 1 atom stereocenters. The van der Waals surface area contributed by atoms with Gasteiger partial charge in [-0.25, -0.2) is 12.8 Å². The van der Waals surface area contributed by atoms with Crippen LogP contribution in [0.15, 0.2) is 71.6 Å². The van der Waals surface area contributed by atoms with Gasteiger partial charge in [-0.05, 0) is 67.9 Å². The average Bonchev–Trinajstić information content (AvgIpc) is 2.87. The van der Waals surface area contributed by atoms with E-state index in [4.69, 9.17) is 23.2 Å². The number of rotatable bonds is 9. The van der Waals surface area contributed by atoms with Gasteiger partial charge in [-0.1, -0.05) is 47.0 Å². The van der Waals surface area contributed by atoms with E-state index in [1.54, 1.807) is 30.3 Å². The van der Waals surface area contributed by atoms with E-state index in [0.717, 1.165) is 22.0 Å².